The minimum atomic E-state index is 0.0158. The SMILES string of the molecule is CCCCNC(=NCC(=O)N(C)C)NCC1(Cc2ccccc2)CC1. The third-order valence-corrected chi connectivity index (χ3v) is 4.70. The molecule has 5 heteroatoms. The number of amides is 1. The van der Waals surface area contributed by atoms with Crippen molar-refractivity contribution in [2.45, 2.75) is 39.0 Å². The number of carbonyl (C=O) groups excluding carboxylic acids is 1. The van der Waals surface area contributed by atoms with Gasteiger partial charge in [0.1, 0.15) is 6.54 Å². The van der Waals surface area contributed by atoms with Gasteiger partial charge in [-0.25, -0.2) is 4.99 Å². The van der Waals surface area contributed by atoms with Gasteiger partial charge in [-0.3, -0.25) is 4.79 Å². The molecule has 1 aliphatic rings. The molecular weight excluding hydrogens is 312 g/mol. The normalized spacial score (nSPS) is 15.6. The molecule has 0 radical (unpaired) electrons. The van der Waals surface area contributed by atoms with Crippen molar-refractivity contribution < 1.29 is 4.79 Å². The predicted molar refractivity (Wildman–Crippen MR) is 104 cm³/mol. The average molecular weight is 345 g/mol. The Morgan fingerprint density at radius 3 is 2.52 bits per heavy atom. The van der Waals surface area contributed by atoms with E-state index in [1.165, 1.54) is 18.4 Å². The van der Waals surface area contributed by atoms with Crippen molar-refractivity contribution in [1.82, 2.24) is 15.5 Å². The number of nitrogens with one attached hydrogen (secondary N) is 2. The Morgan fingerprint density at radius 2 is 1.92 bits per heavy atom. The maximum absolute atomic E-state index is 11.8. The van der Waals surface area contributed by atoms with Gasteiger partial charge in [-0.05, 0) is 36.7 Å². The van der Waals surface area contributed by atoms with E-state index in [1.54, 1.807) is 19.0 Å². The van der Waals surface area contributed by atoms with Crippen LogP contribution in [0.1, 0.15) is 38.2 Å². The van der Waals surface area contributed by atoms with E-state index in [9.17, 15) is 4.79 Å². The first kappa shape index (κ1) is 19.3. The molecule has 2 rings (SSSR count). The van der Waals surface area contributed by atoms with Crippen molar-refractivity contribution in [1.29, 1.82) is 0 Å². The molecule has 138 valence electrons. The number of nitrogens with zero attached hydrogens (tertiary/aromatic N) is 2. The number of hydrogen-bond acceptors (Lipinski definition) is 2. The minimum Gasteiger partial charge on any atom is -0.356 e. The van der Waals surface area contributed by atoms with Crippen molar-refractivity contribution >= 4 is 11.9 Å². The van der Waals surface area contributed by atoms with Crippen LogP contribution in [0, 0.1) is 5.41 Å². The summed E-state index contributed by atoms with van der Waals surface area (Å²) in [7, 11) is 3.52. The van der Waals surface area contributed by atoms with Crippen LogP contribution >= 0.6 is 0 Å². The summed E-state index contributed by atoms with van der Waals surface area (Å²) in [5.74, 6) is 0.769. The maximum atomic E-state index is 11.8. The number of likely N-dealkylation sites (N-methyl/N-ethyl adjacent to an activating group) is 1. The first-order chi connectivity index (χ1) is 12.0. The van der Waals surface area contributed by atoms with Crippen molar-refractivity contribution in [3.8, 4) is 0 Å². The number of hydrogen-bond donors (Lipinski definition) is 2. The molecule has 1 aromatic rings. The van der Waals surface area contributed by atoms with Crippen molar-refractivity contribution in [2.75, 3.05) is 33.7 Å². The van der Waals surface area contributed by atoms with Crippen LogP contribution in [0.15, 0.2) is 35.3 Å². The zero-order valence-corrected chi connectivity index (χ0v) is 15.8. The topological polar surface area (TPSA) is 56.7 Å². The minimum absolute atomic E-state index is 0.0158. The van der Waals surface area contributed by atoms with E-state index >= 15 is 0 Å². The molecule has 0 saturated heterocycles. The highest BCUT2D eigenvalue weighted by Crippen LogP contribution is 2.47. The van der Waals surface area contributed by atoms with Crippen LogP contribution in [0.3, 0.4) is 0 Å². The fourth-order valence-electron chi connectivity index (χ4n) is 2.74. The average Bonchev–Trinajstić information content (AvgIpc) is 3.37. The zero-order chi connectivity index (χ0) is 18.1. The lowest BCUT2D eigenvalue weighted by molar-refractivity contribution is -0.127. The molecule has 0 heterocycles. The first-order valence-corrected chi connectivity index (χ1v) is 9.31. The van der Waals surface area contributed by atoms with Crippen LogP contribution in [-0.2, 0) is 11.2 Å². The third-order valence-electron chi connectivity index (χ3n) is 4.70. The molecule has 0 aliphatic heterocycles. The van der Waals surface area contributed by atoms with Gasteiger partial charge in [0.05, 0.1) is 0 Å². The van der Waals surface area contributed by atoms with Gasteiger partial charge in [-0.1, -0.05) is 43.7 Å². The van der Waals surface area contributed by atoms with Gasteiger partial charge in [0.25, 0.3) is 0 Å². The van der Waals surface area contributed by atoms with E-state index in [0.29, 0.717) is 5.41 Å². The standard InChI is InChI=1S/C20H32N4O/c1-4-5-13-21-19(22-15-18(25)24(2)3)23-16-20(11-12-20)14-17-9-7-6-8-10-17/h6-10H,4-5,11-16H2,1-3H3,(H2,21,22,23). The van der Waals surface area contributed by atoms with E-state index in [-0.39, 0.29) is 12.5 Å². The lowest BCUT2D eigenvalue weighted by atomic mass is 9.96. The van der Waals surface area contributed by atoms with E-state index in [2.05, 4.69) is 52.9 Å². The van der Waals surface area contributed by atoms with Crippen LogP contribution in [0.2, 0.25) is 0 Å². The molecule has 0 spiro atoms. The second-order valence-electron chi connectivity index (χ2n) is 7.25. The maximum Gasteiger partial charge on any atom is 0.243 e. The summed E-state index contributed by atoms with van der Waals surface area (Å²) in [6.45, 7) is 4.13. The van der Waals surface area contributed by atoms with Crippen LogP contribution in [0.25, 0.3) is 0 Å². The molecule has 1 aliphatic carbocycles. The molecule has 2 N–H and O–H groups in total. The monoisotopic (exact) mass is 344 g/mol. The molecule has 0 bridgehead atoms. The van der Waals surface area contributed by atoms with E-state index in [4.69, 9.17) is 0 Å². The second-order valence-corrected chi connectivity index (χ2v) is 7.25. The molecule has 1 saturated carbocycles. The van der Waals surface area contributed by atoms with Crippen LogP contribution in [-0.4, -0.2) is 50.5 Å². The van der Waals surface area contributed by atoms with Crippen molar-refractivity contribution in [3.63, 3.8) is 0 Å². The van der Waals surface area contributed by atoms with Gasteiger partial charge in [0.2, 0.25) is 5.91 Å². The number of guanidine groups is 1. The second kappa shape index (κ2) is 9.44. The van der Waals surface area contributed by atoms with Crippen LogP contribution in [0.4, 0.5) is 0 Å². The Morgan fingerprint density at radius 1 is 1.20 bits per heavy atom. The Balaban J connectivity index is 1.89. The summed E-state index contributed by atoms with van der Waals surface area (Å²) < 4.78 is 0. The number of unbranched alkanes of at least 4 members (excludes halogenated alkanes) is 1. The van der Waals surface area contributed by atoms with Gasteiger partial charge in [-0.15, -0.1) is 0 Å². The Bertz CT molecular complexity index is 564. The van der Waals surface area contributed by atoms with Crippen LogP contribution < -0.4 is 10.6 Å². The first-order valence-electron chi connectivity index (χ1n) is 9.31. The summed E-state index contributed by atoms with van der Waals surface area (Å²) in [5.41, 5.74) is 1.72. The zero-order valence-electron chi connectivity index (χ0n) is 15.8. The molecule has 25 heavy (non-hydrogen) atoms. The van der Waals surface area contributed by atoms with Crippen LogP contribution in [0.5, 0.6) is 0 Å². The summed E-state index contributed by atoms with van der Waals surface area (Å²) in [6.07, 6.45) is 5.81. The number of carbonyl (C=O) groups is 1. The lowest BCUT2D eigenvalue weighted by Gasteiger charge is -2.19. The number of rotatable bonds is 9. The summed E-state index contributed by atoms with van der Waals surface area (Å²) in [5, 5.41) is 6.81. The smallest absolute Gasteiger partial charge is 0.243 e. The molecular formula is C20H32N4O. The molecule has 0 atom stereocenters. The van der Waals surface area contributed by atoms with Gasteiger partial charge < -0.3 is 15.5 Å². The Labute approximate surface area is 151 Å². The fraction of sp³-hybridized carbons (Fsp3) is 0.600. The van der Waals surface area contributed by atoms with E-state index in [1.807, 2.05) is 0 Å². The van der Waals surface area contributed by atoms with Gasteiger partial charge in [0, 0.05) is 27.2 Å². The highest BCUT2D eigenvalue weighted by molar-refractivity contribution is 5.84. The molecule has 0 aromatic heterocycles. The predicted octanol–water partition coefficient (Wildman–Crippen LogP) is 2.43. The third kappa shape index (κ3) is 6.77. The molecule has 1 fully saturated rings. The Kier molecular flexibility index (Phi) is 7.29. The number of benzene rings is 1. The quantitative estimate of drug-likeness (QED) is 0.411. The molecule has 1 aromatic carbocycles. The fourth-order valence-corrected chi connectivity index (χ4v) is 2.74. The van der Waals surface area contributed by atoms with Gasteiger partial charge >= 0.3 is 0 Å². The van der Waals surface area contributed by atoms with E-state index in [0.717, 1.165) is 38.3 Å². The summed E-state index contributed by atoms with van der Waals surface area (Å²) >= 11 is 0. The highest BCUT2D eigenvalue weighted by Gasteiger charge is 2.42. The molecule has 5 nitrogen and oxygen atoms in total. The summed E-state index contributed by atoms with van der Waals surface area (Å²) in [4.78, 5) is 17.8. The lowest BCUT2D eigenvalue weighted by Crippen LogP contribution is -2.42. The Hall–Kier alpha value is -2.04. The van der Waals surface area contributed by atoms with Crippen molar-refractivity contribution in [2.24, 2.45) is 10.4 Å². The number of aliphatic imine (C=N–C) groups is 1. The van der Waals surface area contributed by atoms with Crippen molar-refractivity contribution in [3.05, 3.63) is 35.9 Å². The largest absolute Gasteiger partial charge is 0.356 e. The van der Waals surface area contributed by atoms with Gasteiger partial charge in [-0.2, -0.15) is 0 Å². The molecule has 1 amide bonds. The summed E-state index contributed by atoms with van der Waals surface area (Å²) in [6, 6.07) is 10.7. The highest BCUT2D eigenvalue weighted by atomic mass is 16.2. The van der Waals surface area contributed by atoms with E-state index < -0.39 is 0 Å². The molecule has 0 unspecified atom stereocenters. The van der Waals surface area contributed by atoms with Gasteiger partial charge in [0.15, 0.2) is 5.96 Å².